The molecule has 2 aromatic carbocycles. The molecule has 158 valence electrons. The van der Waals surface area contributed by atoms with Crippen molar-refractivity contribution in [2.75, 3.05) is 21.3 Å². The molecule has 0 aliphatic rings. The van der Waals surface area contributed by atoms with Crippen LogP contribution in [0.25, 0.3) is 10.9 Å². The number of carboxylic acid groups (broad SMARTS) is 1. The molecule has 1 unspecified atom stereocenters. The largest absolute Gasteiger partial charge is 0.496 e. The summed E-state index contributed by atoms with van der Waals surface area (Å²) in [7, 11) is 4.49. The number of methoxy groups -OCH3 is 2. The molecule has 0 fully saturated rings. The number of aliphatic carboxylic acids is 1. The van der Waals surface area contributed by atoms with Crippen LogP contribution in [0.1, 0.15) is 34.0 Å². The van der Waals surface area contributed by atoms with Crippen LogP contribution in [0.5, 0.6) is 5.75 Å². The van der Waals surface area contributed by atoms with Crippen molar-refractivity contribution in [3.05, 3.63) is 64.8 Å². The van der Waals surface area contributed by atoms with Crippen molar-refractivity contribution in [3.63, 3.8) is 0 Å². The highest BCUT2D eigenvalue weighted by atomic mass is 16.6. The topological polar surface area (TPSA) is 87.0 Å². The summed E-state index contributed by atoms with van der Waals surface area (Å²) in [4.78, 5) is 28.5. The number of rotatable bonds is 8. The smallest absolute Gasteiger partial charge is 0.337 e. The molecule has 3 aromatic rings. The maximum atomic E-state index is 11.8. The Morgan fingerprint density at radius 3 is 2.47 bits per heavy atom. The third-order valence-electron chi connectivity index (χ3n) is 5.17. The van der Waals surface area contributed by atoms with E-state index in [1.807, 2.05) is 30.5 Å². The van der Waals surface area contributed by atoms with E-state index in [0.29, 0.717) is 24.2 Å². The highest BCUT2D eigenvalue weighted by Gasteiger charge is 2.17. The molecule has 1 aromatic heterocycles. The molecular formula is C23H25NO6. The monoisotopic (exact) mass is 411 g/mol. The molecule has 0 saturated heterocycles. The SMILES string of the molecule is COC(=O)c1ccc(Cc2cn(OC)c3ccc(CC(C)C(=O)O)cc23)c(OC)c1. The number of carbonyl (C=O) groups is 2. The number of esters is 1. The zero-order valence-electron chi connectivity index (χ0n) is 17.5. The summed E-state index contributed by atoms with van der Waals surface area (Å²) in [5.74, 6) is -1.12. The number of aromatic nitrogens is 1. The van der Waals surface area contributed by atoms with E-state index >= 15 is 0 Å². The van der Waals surface area contributed by atoms with Gasteiger partial charge in [-0.1, -0.05) is 19.1 Å². The van der Waals surface area contributed by atoms with Gasteiger partial charge in [0.1, 0.15) is 12.9 Å². The molecule has 0 saturated carbocycles. The van der Waals surface area contributed by atoms with E-state index in [2.05, 4.69) is 0 Å². The predicted octanol–water partition coefficient (Wildman–Crippen LogP) is 3.35. The molecule has 0 radical (unpaired) electrons. The van der Waals surface area contributed by atoms with Crippen LogP contribution in [-0.2, 0) is 22.4 Å². The quantitative estimate of drug-likeness (QED) is 0.572. The van der Waals surface area contributed by atoms with Gasteiger partial charge < -0.3 is 19.4 Å². The molecule has 3 rings (SSSR count). The van der Waals surface area contributed by atoms with Crippen LogP contribution in [0.2, 0.25) is 0 Å². The molecule has 1 atom stereocenters. The van der Waals surface area contributed by atoms with Gasteiger partial charge in [0.2, 0.25) is 0 Å². The lowest BCUT2D eigenvalue weighted by atomic mass is 9.97. The Morgan fingerprint density at radius 1 is 1.07 bits per heavy atom. The molecule has 0 bridgehead atoms. The zero-order valence-corrected chi connectivity index (χ0v) is 17.5. The maximum absolute atomic E-state index is 11.8. The molecule has 30 heavy (non-hydrogen) atoms. The van der Waals surface area contributed by atoms with Crippen LogP contribution >= 0.6 is 0 Å². The first-order chi connectivity index (χ1) is 14.4. The van der Waals surface area contributed by atoms with Gasteiger partial charge in [0.05, 0.1) is 31.2 Å². The minimum Gasteiger partial charge on any atom is -0.496 e. The van der Waals surface area contributed by atoms with Crippen molar-refractivity contribution in [1.29, 1.82) is 0 Å². The second-order valence-corrected chi connectivity index (χ2v) is 7.15. The fraction of sp³-hybridized carbons (Fsp3) is 0.304. The lowest BCUT2D eigenvalue weighted by Gasteiger charge is -2.10. The molecule has 0 spiro atoms. The molecular weight excluding hydrogens is 386 g/mol. The average Bonchev–Trinajstić information content (AvgIpc) is 3.10. The van der Waals surface area contributed by atoms with Gasteiger partial charge in [0.25, 0.3) is 0 Å². The Kier molecular flexibility index (Phi) is 6.30. The van der Waals surface area contributed by atoms with E-state index in [4.69, 9.17) is 14.3 Å². The summed E-state index contributed by atoms with van der Waals surface area (Å²) < 4.78 is 11.9. The van der Waals surface area contributed by atoms with Crippen molar-refractivity contribution in [3.8, 4) is 5.75 Å². The number of hydrogen-bond donors (Lipinski definition) is 1. The summed E-state index contributed by atoms with van der Waals surface area (Å²) in [6, 6.07) is 11.1. The van der Waals surface area contributed by atoms with Crippen LogP contribution < -0.4 is 9.57 Å². The first-order valence-corrected chi connectivity index (χ1v) is 9.53. The normalized spacial score (nSPS) is 11.9. The Hall–Kier alpha value is -3.48. The number of hydrogen-bond acceptors (Lipinski definition) is 5. The lowest BCUT2D eigenvalue weighted by molar-refractivity contribution is -0.141. The number of ether oxygens (including phenoxy) is 2. The third kappa shape index (κ3) is 4.25. The molecule has 0 amide bonds. The first-order valence-electron chi connectivity index (χ1n) is 9.53. The second kappa shape index (κ2) is 8.90. The number of fused-ring (bicyclic) bond motifs is 1. The van der Waals surface area contributed by atoms with Crippen molar-refractivity contribution >= 4 is 22.8 Å². The van der Waals surface area contributed by atoms with Crippen LogP contribution in [0, 0.1) is 5.92 Å². The van der Waals surface area contributed by atoms with Crippen LogP contribution in [0.3, 0.4) is 0 Å². The fourth-order valence-corrected chi connectivity index (χ4v) is 3.51. The molecule has 0 aliphatic carbocycles. The van der Waals surface area contributed by atoms with Crippen molar-refractivity contribution < 1.29 is 29.0 Å². The summed E-state index contributed by atoms with van der Waals surface area (Å²) in [6.45, 7) is 1.70. The van der Waals surface area contributed by atoms with Crippen LogP contribution in [0.15, 0.2) is 42.6 Å². The van der Waals surface area contributed by atoms with Gasteiger partial charge in [0, 0.05) is 18.0 Å². The fourth-order valence-electron chi connectivity index (χ4n) is 3.51. The Morgan fingerprint density at radius 2 is 1.83 bits per heavy atom. The van der Waals surface area contributed by atoms with Crippen molar-refractivity contribution in [2.24, 2.45) is 5.92 Å². The number of benzene rings is 2. The van der Waals surface area contributed by atoms with Crippen molar-refractivity contribution in [1.82, 2.24) is 4.73 Å². The van der Waals surface area contributed by atoms with E-state index < -0.39 is 17.9 Å². The average molecular weight is 411 g/mol. The molecule has 0 aliphatic heterocycles. The van der Waals surface area contributed by atoms with Crippen LogP contribution in [0.4, 0.5) is 0 Å². The zero-order chi connectivity index (χ0) is 21.8. The van der Waals surface area contributed by atoms with Gasteiger partial charge in [-0.05, 0) is 47.4 Å². The van der Waals surface area contributed by atoms with E-state index in [1.165, 1.54) is 7.11 Å². The highest BCUT2D eigenvalue weighted by Crippen LogP contribution is 2.29. The summed E-state index contributed by atoms with van der Waals surface area (Å²) in [6.07, 6.45) is 2.90. The molecule has 7 nitrogen and oxygen atoms in total. The number of carboxylic acids is 1. The van der Waals surface area contributed by atoms with Gasteiger partial charge in [0.15, 0.2) is 0 Å². The molecule has 1 N–H and O–H groups in total. The highest BCUT2D eigenvalue weighted by molar-refractivity contribution is 5.90. The van der Waals surface area contributed by atoms with Crippen molar-refractivity contribution in [2.45, 2.75) is 19.8 Å². The van der Waals surface area contributed by atoms with Gasteiger partial charge in [-0.3, -0.25) is 4.79 Å². The third-order valence-corrected chi connectivity index (χ3v) is 5.17. The Bertz CT molecular complexity index is 1080. The lowest BCUT2D eigenvalue weighted by Crippen LogP contribution is -2.12. The van der Waals surface area contributed by atoms with E-state index in [0.717, 1.165) is 27.6 Å². The van der Waals surface area contributed by atoms with E-state index in [9.17, 15) is 14.7 Å². The van der Waals surface area contributed by atoms with Gasteiger partial charge >= 0.3 is 11.9 Å². The summed E-state index contributed by atoms with van der Waals surface area (Å²) in [5.41, 5.74) is 4.16. The number of carbonyl (C=O) groups excluding carboxylic acids is 1. The Labute approximate surface area is 174 Å². The van der Waals surface area contributed by atoms with Gasteiger partial charge in [-0.25, -0.2) is 4.79 Å². The molecule has 1 heterocycles. The summed E-state index contributed by atoms with van der Waals surface area (Å²) >= 11 is 0. The van der Waals surface area contributed by atoms with Crippen LogP contribution in [-0.4, -0.2) is 43.1 Å². The van der Waals surface area contributed by atoms with E-state index in [1.54, 1.807) is 38.0 Å². The predicted molar refractivity (Wildman–Crippen MR) is 112 cm³/mol. The standard InChI is InChI=1S/C23H25NO6/c1-14(22(25)26)9-15-5-8-20-19(10-15)18(13-24(20)30-4)11-16-6-7-17(23(27)29-3)12-21(16)28-2/h5-8,10,12-14H,9,11H2,1-4H3,(H,25,26). The molecule has 7 heteroatoms. The van der Waals surface area contributed by atoms with Gasteiger partial charge in [-0.2, -0.15) is 4.73 Å². The number of nitrogens with zero attached hydrogens (tertiary/aromatic N) is 1. The Balaban J connectivity index is 2.01. The minimum atomic E-state index is -0.819. The van der Waals surface area contributed by atoms with Gasteiger partial charge in [-0.15, -0.1) is 0 Å². The minimum absolute atomic E-state index is 0.419. The first kappa shape index (κ1) is 21.2. The second-order valence-electron chi connectivity index (χ2n) is 7.15. The summed E-state index contributed by atoms with van der Waals surface area (Å²) in [5, 5.41) is 10.2. The van der Waals surface area contributed by atoms with E-state index in [-0.39, 0.29) is 0 Å². The maximum Gasteiger partial charge on any atom is 0.337 e.